The molecule has 0 saturated carbocycles. The third-order valence-corrected chi connectivity index (χ3v) is 4.31. The molecule has 1 rings (SSSR count). The van der Waals surface area contributed by atoms with Gasteiger partial charge in [0.05, 0.1) is 14.9 Å². The van der Waals surface area contributed by atoms with Gasteiger partial charge in [0.2, 0.25) is 10.0 Å². The van der Waals surface area contributed by atoms with Crippen LogP contribution in [0.1, 0.15) is 6.92 Å². The zero-order chi connectivity index (χ0) is 13.9. The Labute approximate surface area is 114 Å². The molecule has 0 radical (unpaired) electrons. The molecular formula is C9H10Cl2N2O4S. The second-order valence-corrected chi connectivity index (χ2v) is 5.92. The molecule has 3 N–H and O–H groups in total. The van der Waals surface area contributed by atoms with Crippen LogP contribution < -0.4 is 10.2 Å². The molecule has 1 amide bonds. The van der Waals surface area contributed by atoms with E-state index in [0.29, 0.717) is 0 Å². The Bertz CT molecular complexity index is 562. The maximum absolute atomic E-state index is 11.9. The highest BCUT2D eigenvalue weighted by Gasteiger charge is 2.22. The van der Waals surface area contributed by atoms with E-state index in [9.17, 15) is 13.2 Å². The van der Waals surface area contributed by atoms with Gasteiger partial charge in [-0.3, -0.25) is 10.0 Å². The van der Waals surface area contributed by atoms with Crippen molar-refractivity contribution in [1.29, 1.82) is 0 Å². The Morgan fingerprint density at radius 1 is 1.33 bits per heavy atom. The Hall–Kier alpha value is -0.860. The van der Waals surface area contributed by atoms with E-state index in [1.54, 1.807) is 0 Å². The smallest absolute Gasteiger partial charge is 0.261 e. The lowest BCUT2D eigenvalue weighted by Crippen LogP contribution is -2.43. The minimum absolute atomic E-state index is 0.0822. The number of nitrogens with one attached hydrogen (secondary N) is 2. The molecule has 0 aliphatic heterocycles. The third kappa shape index (κ3) is 3.56. The molecular weight excluding hydrogens is 303 g/mol. The van der Waals surface area contributed by atoms with E-state index in [2.05, 4.69) is 4.72 Å². The maximum Gasteiger partial charge on any atom is 0.261 e. The molecule has 0 bridgehead atoms. The molecule has 9 heteroatoms. The summed E-state index contributed by atoms with van der Waals surface area (Å²) in [5, 5.41) is 8.68. The first-order valence-corrected chi connectivity index (χ1v) is 6.93. The van der Waals surface area contributed by atoms with Crippen LogP contribution in [-0.2, 0) is 14.8 Å². The predicted octanol–water partition coefficient (Wildman–Crippen LogP) is 1.17. The number of halogens is 2. The van der Waals surface area contributed by atoms with Crippen molar-refractivity contribution in [2.45, 2.75) is 17.9 Å². The van der Waals surface area contributed by atoms with Crippen LogP contribution in [0, 0.1) is 0 Å². The molecule has 1 aromatic rings. The van der Waals surface area contributed by atoms with Crippen LogP contribution in [0.15, 0.2) is 23.1 Å². The first-order chi connectivity index (χ1) is 8.27. The monoisotopic (exact) mass is 312 g/mol. The minimum Gasteiger partial charge on any atom is -0.289 e. The number of carbonyl (C=O) groups excluding carboxylic acids is 1. The standard InChI is InChI=1S/C9H10Cl2N2O4S/c1-5(9(14)12-15)13-18(16,17)6-2-3-7(10)8(11)4-6/h2-5,13,15H,1H3,(H,12,14). The first-order valence-electron chi connectivity index (χ1n) is 4.69. The molecule has 0 spiro atoms. The van der Waals surface area contributed by atoms with E-state index in [1.165, 1.54) is 24.5 Å². The summed E-state index contributed by atoms with van der Waals surface area (Å²) < 4.78 is 25.8. The Balaban J connectivity index is 3.00. The highest BCUT2D eigenvalue weighted by molar-refractivity contribution is 7.89. The largest absolute Gasteiger partial charge is 0.289 e. The molecule has 1 atom stereocenters. The summed E-state index contributed by atoms with van der Waals surface area (Å²) in [4.78, 5) is 10.9. The molecule has 0 heterocycles. The summed E-state index contributed by atoms with van der Waals surface area (Å²) >= 11 is 11.4. The molecule has 1 unspecified atom stereocenters. The zero-order valence-electron chi connectivity index (χ0n) is 9.15. The first kappa shape index (κ1) is 15.2. The van der Waals surface area contributed by atoms with Crippen molar-refractivity contribution in [3.05, 3.63) is 28.2 Å². The van der Waals surface area contributed by atoms with Gasteiger partial charge in [0.15, 0.2) is 0 Å². The van der Waals surface area contributed by atoms with Crippen LogP contribution in [0.2, 0.25) is 10.0 Å². The average Bonchev–Trinajstić information content (AvgIpc) is 2.30. The molecule has 18 heavy (non-hydrogen) atoms. The molecule has 0 saturated heterocycles. The molecule has 1 aromatic carbocycles. The van der Waals surface area contributed by atoms with Crippen molar-refractivity contribution in [2.24, 2.45) is 0 Å². The van der Waals surface area contributed by atoms with Crippen LogP contribution in [-0.4, -0.2) is 25.6 Å². The van der Waals surface area contributed by atoms with Crippen LogP contribution in [0.25, 0.3) is 0 Å². The van der Waals surface area contributed by atoms with Crippen LogP contribution in [0.3, 0.4) is 0 Å². The summed E-state index contributed by atoms with van der Waals surface area (Å²) in [6.07, 6.45) is 0. The SMILES string of the molecule is CC(NS(=O)(=O)c1ccc(Cl)c(Cl)c1)C(=O)NO. The molecule has 0 aromatic heterocycles. The van der Waals surface area contributed by atoms with Gasteiger partial charge in [-0.25, -0.2) is 13.9 Å². The Morgan fingerprint density at radius 2 is 1.94 bits per heavy atom. The number of rotatable bonds is 4. The topological polar surface area (TPSA) is 95.5 Å². The van der Waals surface area contributed by atoms with Gasteiger partial charge in [-0.1, -0.05) is 23.2 Å². The zero-order valence-corrected chi connectivity index (χ0v) is 11.5. The third-order valence-electron chi connectivity index (χ3n) is 2.04. The Morgan fingerprint density at radius 3 is 2.44 bits per heavy atom. The number of benzene rings is 1. The predicted molar refractivity (Wildman–Crippen MR) is 66.2 cm³/mol. The number of sulfonamides is 1. The number of hydrogen-bond donors (Lipinski definition) is 3. The normalized spacial score (nSPS) is 13.1. The van der Waals surface area contributed by atoms with E-state index < -0.39 is 22.0 Å². The van der Waals surface area contributed by atoms with E-state index in [-0.39, 0.29) is 14.9 Å². The second kappa shape index (κ2) is 5.85. The fourth-order valence-corrected chi connectivity index (χ4v) is 2.69. The van der Waals surface area contributed by atoms with Gasteiger partial charge in [-0.05, 0) is 25.1 Å². The maximum atomic E-state index is 11.9. The van der Waals surface area contributed by atoms with Gasteiger partial charge >= 0.3 is 0 Å². The average molecular weight is 313 g/mol. The van der Waals surface area contributed by atoms with Crippen LogP contribution in [0.4, 0.5) is 0 Å². The number of hydroxylamine groups is 1. The van der Waals surface area contributed by atoms with Gasteiger partial charge in [0, 0.05) is 0 Å². The highest BCUT2D eigenvalue weighted by Crippen LogP contribution is 2.24. The lowest BCUT2D eigenvalue weighted by molar-refractivity contribution is -0.130. The summed E-state index contributed by atoms with van der Waals surface area (Å²) in [6.45, 7) is 1.28. The molecule has 6 nitrogen and oxygen atoms in total. The Kier molecular flexibility index (Phi) is 4.94. The second-order valence-electron chi connectivity index (χ2n) is 3.39. The minimum atomic E-state index is -3.92. The van der Waals surface area contributed by atoms with Crippen molar-refractivity contribution < 1.29 is 18.4 Å². The van der Waals surface area contributed by atoms with Crippen molar-refractivity contribution in [2.75, 3.05) is 0 Å². The van der Waals surface area contributed by atoms with Crippen molar-refractivity contribution in [1.82, 2.24) is 10.2 Å². The molecule has 0 aliphatic rings. The summed E-state index contributed by atoms with van der Waals surface area (Å²) in [7, 11) is -3.92. The van der Waals surface area contributed by atoms with E-state index in [0.717, 1.165) is 6.07 Å². The van der Waals surface area contributed by atoms with Gasteiger partial charge in [0.1, 0.15) is 6.04 Å². The quantitative estimate of drug-likeness (QED) is 0.574. The summed E-state index contributed by atoms with van der Waals surface area (Å²) in [6, 6.07) is 2.61. The lowest BCUT2D eigenvalue weighted by atomic mass is 10.4. The number of hydrogen-bond acceptors (Lipinski definition) is 4. The van der Waals surface area contributed by atoms with Crippen LogP contribution >= 0.6 is 23.2 Å². The van der Waals surface area contributed by atoms with Crippen molar-refractivity contribution in [3.63, 3.8) is 0 Å². The van der Waals surface area contributed by atoms with Crippen LogP contribution in [0.5, 0.6) is 0 Å². The van der Waals surface area contributed by atoms with Gasteiger partial charge in [-0.2, -0.15) is 4.72 Å². The van der Waals surface area contributed by atoms with E-state index in [1.807, 2.05) is 0 Å². The fraction of sp³-hybridized carbons (Fsp3) is 0.222. The van der Waals surface area contributed by atoms with Crippen molar-refractivity contribution >= 4 is 39.1 Å². The van der Waals surface area contributed by atoms with E-state index in [4.69, 9.17) is 28.4 Å². The van der Waals surface area contributed by atoms with Gasteiger partial charge in [-0.15, -0.1) is 0 Å². The molecule has 100 valence electrons. The van der Waals surface area contributed by atoms with Gasteiger partial charge < -0.3 is 0 Å². The fourth-order valence-electron chi connectivity index (χ4n) is 1.10. The number of carbonyl (C=O) groups is 1. The van der Waals surface area contributed by atoms with E-state index >= 15 is 0 Å². The van der Waals surface area contributed by atoms with Gasteiger partial charge in [0.25, 0.3) is 5.91 Å². The summed E-state index contributed by atoms with van der Waals surface area (Å²) in [5.74, 6) is -0.876. The lowest BCUT2D eigenvalue weighted by Gasteiger charge is -2.12. The molecule has 0 aliphatic carbocycles. The highest BCUT2D eigenvalue weighted by atomic mass is 35.5. The summed E-state index contributed by atoms with van der Waals surface area (Å²) in [5.41, 5.74) is 1.35. The van der Waals surface area contributed by atoms with Crippen molar-refractivity contribution in [3.8, 4) is 0 Å². The number of amides is 1. The molecule has 0 fully saturated rings.